The molecule has 0 aliphatic carbocycles. The molecule has 0 fully saturated rings. The van der Waals surface area contributed by atoms with Crippen LogP contribution in [0.2, 0.25) is 0 Å². The summed E-state index contributed by atoms with van der Waals surface area (Å²) in [6.45, 7) is 0. The average molecular weight is 225 g/mol. The summed E-state index contributed by atoms with van der Waals surface area (Å²) in [7, 11) is 3.38. The SMILES string of the molecule is CN(C)/C=N/n1c(C(=O)O)ccc1C(=O)O. The molecule has 0 aliphatic heterocycles. The molecule has 86 valence electrons. The van der Waals surface area contributed by atoms with Crippen molar-refractivity contribution in [2.75, 3.05) is 14.1 Å². The number of rotatable bonds is 4. The van der Waals surface area contributed by atoms with E-state index in [9.17, 15) is 9.59 Å². The second-order valence-corrected chi connectivity index (χ2v) is 3.22. The lowest BCUT2D eigenvalue weighted by Gasteiger charge is -2.05. The zero-order chi connectivity index (χ0) is 12.3. The van der Waals surface area contributed by atoms with E-state index < -0.39 is 11.9 Å². The fraction of sp³-hybridized carbons (Fsp3) is 0.222. The maximum Gasteiger partial charge on any atom is 0.354 e. The Morgan fingerprint density at radius 1 is 1.25 bits per heavy atom. The topological polar surface area (TPSA) is 95.1 Å². The third-order valence-corrected chi connectivity index (χ3v) is 1.69. The first-order valence-corrected chi connectivity index (χ1v) is 4.32. The van der Waals surface area contributed by atoms with Gasteiger partial charge in [0.05, 0.1) is 0 Å². The van der Waals surface area contributed by atoms with Gasteiger partial charge in [-0.05, 0) is 12.1 Å². The van der Waals surface area contributed by atoms with E-state index in [2.05, 4.69) is 5.10 Å². The average Bonchev–Trinajstić information content (AvgIpc) is 2.57. The molecular weight excluding hydrogens is 214 g/mol. The lowest BCUT2D eigenvalue weighted by Crippen LogP contribution is -2.14. The first-order valence-electron chi connectivity index (χ1n) is 4.32. The summed E-state index contributed by atoms with van der Waals surface area (Å²) >= 11 is 0. The predicted molar refractivity (Wildman–Crippen MR) is 55.9 cm³/mol. The van der Waals surface area contributed by atoms with Crippen LogP contribution in [0.5, 0.6) is 0 Å². The Morgan fingerprint density at radius 2 is 1.69 bits per heavy atom. The number of hydrogen-bond acceptors (Lipinski definition) is 3. The largest absolute Gasteiger partial charge is 0.477 e. The molecule has 2 N–H and O–H groups in total. The third kappa shape index (κ3) is 2.38. The third-order valence-electron chi connectivity index (χ3n) is 1.69. The van der Waals surface area contributed by atoms with Crippen molar-refractivity contribution in [2.24, 2.45) is 5.10 Å². The normalized spacial score (nSPS) is 10.6. The van der Waals surface area contributed by atoms with Gasteiger partial charge in [0.2, 0.25) is 0 Å². The number of hydrogen-bond donors (Lipinski definition) is 2. The molecule has 1 aromatic rings. The van der Waals surface area contributed by atoms with Crippen LogP contribution in [-0.2, 0) is 0 Å². The van der Waals surface area contributed by atoms with Gasteiger partial charge in [-0.25, -0.2) is 14.3 Å². The molecule has 0 bridgehead atoms. The van der Waals surface area contributed by atoms with E-state index >= 15 is 0 Å². The Kier molecular flexibility index (Phi) is 3.29. The van der Waals surface area contributed by atoms with Crippen LogP contribution < -0.4 is 0 Å². The molecule has 0 aliphatic rings. The van der Waals surface area contributed by atoms with Crippen LogP contribution in [0.3, 0.4) is 0 Å². The van der Waals surface area contributed by atoms with Gasteiger partial charge in [0, 0.05) is 14.1 Å². The van der Waals surface area contributed by atoms with Gasteiger partial charge in [0.15, 0.2) is 11.4 Å². The summed E-state index contributed by atoms with van der Waals surface area (Å²) in [4.78, 5) is 23.2. The molecule has 0 atom stereocenters. The summed E-state index contributed by atoms with van der Waals surface area (Å²) in [5.74, 6) is -2.47. The van der Waals surface area contributed by atoms with Gasteiger partial charge in [-0.3, -0.25) is 0 Å². The van der Waals surface area contributed by atoms with Gasteiger partial charge in [0.25, 0.3) is 0 Å². The van der Waals surface area contributed by atoms with E-state index in [4.69, 9.17) is 10.2 Å². The molecule has 7 nitrogen and oxygen atoms in total. The molecule has 0 saturated heterocycles. The van der Waals surface area contributed by atoms with E-state index in [1.165, 1.54) is 18.5 Å². The van der Waals surface area contributed by atoms with Crippen LogP contribution in [0.4, 0.5) is 0 Å². The van der Waals surface area contributed by atoms with Crippen LogP contribution in [0.25, 0.3) is 0 Å². The zero-order valence-corrected chi connectivity index (χ0v) is 8.78. The van der Waals surface area contributed by atoms with Crippen molar-refractivity contribution < 1.29 is 19.8 Å². The monoisotopic (exact) mass is 225 g/mol. The lowest BCUT2D eigenvalue weighted by molar-refractivity contribution is 0.0679. The Hall–Kier alpha value is -2.31. The fourth-order valence-electron chi connectivity index (χ4n) is 1.03. The summed E-state index contributed by atoms with van der Waals surface area (Å²) in [6, 6.07) is 2.39. The van der Waals surface area contributed by atoms with Crippen molar-refractivity contribution >= 4 is 18.3 Å². The molecule has 0 aromatic carbocycles. The van der Waals surface area contributed by atoms with Crippen molar-refractivity contribution in [3.05, 3.63) is 23.5 Å². The molecule has 0 radical (unpaired) electrons. The molecule has 1 heterocycles. The van der Waals surface area contributed by atoms with Gasteiger partial charge < -0.3 is 15.1 Å². The molecule has 16 heavy (non-hydrogen) atoms. The Balaban J connectivity index is 3.24. The lowest BCUT2D eigenvalue weighted by atomic mass is 10.4. The standard InChI is InChI=1S/C9H11N3O4/c1-11(2)5-10-12-6(8(13)14)3-4-7(12)9(15)16/h3-5H,1-2H3,(H,13,14)(H,15,16)/b10-5+. The molecule has 0 amide bonds. The number of carbonyl (C=O) groups is 2. The fourth-order valence-corrected chi connectivity index (χ4v) is 1.03. The van der Waals surface area contributed by atoms with E-state index in [-0.39, 0.29) is 11.4 Å². The first-order chi connectivity index (χ1) is 7.43. The smallest absolute Gasteiger partial charge is 0.354 e. The summed E-state index contributed by atoms with van der Waals surface area (Å²) < 4.78 is 0.866. The van der Waals surface area contributed by atoms with E-state index in [0.29, 0.717) is 0 Å². The number of nitrogens with zero attached hydrogens (tertiary/aromatic N) is 3. The predicted octanol–water partition coefficient (Wildman–Crippen LogP) is 0.237. The van der Waals surface area contributed by atoms with E-state index in [0.717, 1.165) is 4.68 Å². The Bertz CT molecular complexity index is 416. The van der Waals surface area contributed by atoms with Crippen LogP contribution in [0.1, 0.15) is 21.0 Å². The van der Waals surface area contributed by atoms with E-state index in [1.807, 2.05) is 0 Å². The highest BCUT2D eigenvalue weighted by Gasteiger charge is 2.17. The minimum absolute atomic E-state index is 0.199. The number of aromatic nitrogens is 1. The Labute approximate surface area is 91.2 Å². The second kappa shape index (κ2) is 4.47. The quantitative estimate of drug-likeness (QED) is 0.565. The highest BCUT2D eigenvalue weighted by Crippen LogP contribution is 2.09. The van der Waals surface area contributed by atoms with Crippen molar-refractivity contribution in [1.82, 2.24) is 9.58 Å². The van der Waals surface area contributed by atoms with Gasteiger partial charge in [-0.15, -0.1) is 0 Å². The number of carboxylic acids is 2. The van der Waals surface area contributed by atoms with Crippen molar-refractivity contribution in [1.29, 1.82) is 0 Å². The molecule has 1 aromatic heterocycles. The molecule has 0 spiro atoms. The van der Waals surface area contributed by atoms with Gasteiger partial charge in [-0.1, -0.05) is 0 Å². The molecule has 0 unspecified atom stereocenters. The van der Waals surface area contributed by atoms with E-state index in [1.54, 1.807) is 19.0 Å². The van der Waals surface area contributed by atoms with Crippen molar-refractivity contribution in [2.45, 2.75) is 0 Å². The minimum Gasteiger partial charge on any atom is -0.477 e. The maximum atomic E-state index is 10.8. The number of carboxylic acid groups (broad SMARTS) is 2. The van der Waals surface area contributed by atoms with Crippen LogP contribution in [0.15, 0.2) is 17.2 Å². The van der Waals surface area contributed by atoms with Gasteiger partial charge in [0.1, 0.15) is 6.34 Å². The highest BCUT2D eigenvalue weighted by atomic mass is 16.4. The Morgan fingerprint density at radius 3 is 2.00 bits per heavy atom. The van der Waals surface area contributed by atoms with Crippen molar-refractivity contribution in [3.8, 4) is 0 Å². The molecule has 7 heteroatoms. The highest BCUT2D eigenvalue weighted by molar-refractivity contribution is 5.92. The minimum atomic E-state index is -1.23. The first kappa shape index (κ1) is 11.8. The van der Waals surface area contributed by atoms with Gasteiger partial charge in [-0.2, -0.15) is 5.10 Å². The van der Waals surface area contributed by atoms with Gasteiger partial charge >= 0.3 is 11.9 Å². The summed E-state index contributed by atoms with van der Waals surface area (Å²) in [5.41, 5.74) is -0.397. The maximum absolute atomic E-state index is 10.8. The van der Waals surface area contributed by atoms with Crippen LogP contribution in [0, 0.1) is 0 Å². The molecular formula is C9H11N3O4. The number of aromatic carboxylic acids is 2. The summed E-state index contributed by atoms with van der Waals surface area (Å²) in [5, 5.41) is 21.4. The second-order valence-electron chi connectivity index (χ2n) is 3.22. The van der Waals surface area contributed by atoms with Crippen molar-refractivity contribution in [3.63, 3.8) is 0 Å². The molecule has 1 rings (SSSR count). The van der Waals surface area contributed by atoms with Crippen LogP contribution in [-0.4, -0.2) is 52.2 Å². The molecule has 0 saturated carbocycles. The summed E-state index contributed by atoms with van der Waals surface area (Å²) in [6.07, 6.45) is 1.32. The van der Waals surface area contributed by atoms with Crippen LogP contribution >= 0.6 is 0 Å². The zero-order valence-electron chi connectivity index (χ0n) is 8.78.